The molecule has 166 valence electrons. The molecular weight excluding hydrogens is 406 g/mol. The number of carboxylic acid groups (broad SMARTS) is 1. The number of anilines is 1. The highest BCUT2D eigenvalue weighted by atomic mass is 35.5. The number of carboxylic acids is 1. The molecule has 1 aliphatic carbocycles. The van der Waals surface area contributed by atoms with E-state index in [9.17, 15) is 9.59 Å². The summed E-state index contributed by atoms with van der Waals surface area (Å²) in [5.41, 5.74) is 2.08. The summed E-state index contributed by atoms with van der Waals surface area (Å²) in [7, 11) is 2.12. The van der Waals surface area contributed by atoms with Gasteiger partial charge in [0.1, 0.15) is 0 Å². The summed E-state index contributed by atoms with van der Waals surface area (Å²) >= 11 is 0. The molecule has 1 aromatic rings. The molecule has 2 fully saturated rings. The number of aliphatic carboxylic acids is 1. The van der Waals surface area contributed by atoms with Gasteiger partial charge in [0, 0.05) is 51.5 Å². The van der Waals surface area contributed by atoms with E-state index in [4.69, 9.17) is 10.1 Å². The van der Waals surface area contributed by atoms with Crippen LogP contribution >= 0.6 is 12.4 Å². The van der Waals surface area contributed by atoms with Crippen LogP contribution in [0.25, 0.3) is 0 Å². The Labute approximate surface area is 184 Å². The summed E-state index contributed by atoms with van der Waals surface area (Å²) in [6.45, 7) is 3.35. The van der Waals surface area contributed by atoms with Gasteiger partial charge in [-0.15, -0.1) is 12.4 Å². The fourth-order valence-corrected chi connectivity index (χ4v) is 4.86. The third-order valence-corrected chi connectivity index (χ3v) is 6.72. The number of fused-ring (bicyclic) bond motifs is 1. The summed E-state index contributed by atoms with van der Waals surface area (Å²) in [6.07, 6.45) is 8.48. The summed E-state index contributed by atoms with van der Waals surface area (Å²) in [5.74, 6) is 0.437. The van der Waals surface area contributed by atoms with E-state index in [0.29, 0.717) is 18.3 Å². The first-order valence-electron chi connectivity index (χ1n) is 10.8. The molecule has 2 aliphatic heterocycles. The van der Waals surface area contributed by atoms with Crippen LogP contribution in [0.1, 0.15) is 49.9 Å². The minimum atomic E-state index is -0.717. The molecule has 1 saturated heterocycles. The van der Waals surface area contributed by atoms with Crippen molar-refractivity contribution in [2.24, 2.45) is 5.92 Å². The van der Waals surface area contributed by atoms with Crippen molar-refractivity contribution in [3.8, 4) is 0 Å². The topological polar surface area (TPSA) is 89.9 Å². The monoisotopic (exact) mass is 437 g/mol. The Bertz CT molecular complexity index is 769. The first kappa shape index (κ1) is 22.7. The van der Waals surface area contributed by atoms with E-state index < -0.39 is 5.97 Å². The van der Waals surface area contributed by atoms with Gasteiger partial charge in [0.15, 0.2) is 5.82 Å². The molecule has 9 heteroatoms. The molecule has 1 saturated carbocycles. The number of halogens is 1. The molecule has 0 unspecified atom stereocenters. The van der Waals surface area contributed by atoms with Crippen molar-refractivity contribution in [1.82, 2.24) is 19.8 Å². The second-order valence-electron chi connectivity index (χ2n) is 8.66. The molecule has 0 aromatic carbocycles. The lowest BCUT2D eigenvalue weighted by Crippen LogP contribution is -2.41. The van der Waals surface area contributed by atoms with Crippen LogP contribution < -0.4 is 4.90 Å². The van der Waals surface area contributed by atoms with Gasteiger partial charge in [-0.05, 0) is 45.1 Å². The number of hydrogen-bond donors (Lipinski definition) is 1. The van der Waals surface area contributed by atoms with Crippen LogP contribution in [0.15, 0.2) is 6.20 Å². The highest BCUT2D eigenvalue weighted by molar-refractivity contribution is 5.93. The smallest absolute Gasteiger partial charge is 0.326 e. The van der Waals surface area contributed by atoms with Crippen molar-refractivity contribution in [3.05, 3.63) is 17.6 Å². The number of urea groups is 1. The lowest BCUT2D eigenvalue weighted by molar-refractivity contribution is -0.137. The third-order valence-electron chi connectivity index (χ3n) is 6.72. The van der Waals surface area contributed by atoms with Gasteiger partial charge in [0.05, 0.1) is 17.6 Å². The maximum Gasteiger partial charge on any atom is 0.326 e. The van der Waals surface area contributed by atoms with Crippen LogP contribution in [0.5, 0.6) is 0 Å². The zero-order chi connectivity index (χ0) is 20.4. The number of likely N-dealkylation sites (N-methyl/N-ethyl adjacent to an activating group) is 1. The van der Waals surface area contributed by atoms with Gasteiger partial charge in [-0.3, -0.25) is 14.7 Å². The number of amides is 2. The lowest BCUT2D eigenvalue weighted by Gasteiger charge is -2.34. The Kier molecular flexibility index (Phi) is 7.52. The van der Waals surface area contributed by atoms with E-state index in [1.54, 1.807) is 11.1 Å². The van der Waals surface area contributed by atoms with Gasteiger partial charge in [0.2, 0.25) is 0 Å². The Morgan fingerprint density at radius 1 is 1.10 bits per heavy atom. The van der Waals surface area contributed by atoms with Gasteiger partial charge in [0.25, 0.3) is 0 Å². The van der Waals surface area contributed by atoms with Crippen LogP contribution in [0.4, 0.5) is 10.6 Å². The zero-order valence-corrected chi connectivity index (χ0v) is 18.4. The highest BCUT2D eigenvalue weighted by Crippen LogP contribution is 2.33. The van der Waals surface area contributed by atoms with Crippen molar-refractivity contribution < 1.29 is 14.7 Å². The van der Waals surface area contributed by atoms with Gasteiger partial charge >= 0.3 is 12.0 Å². The second kappa shape index (κ2) is 9.92. The van der Waals surface area contributed by atoms with Crippen LogP contribution in [0.2, 0.25) is 0 Å². The summed E-state index contributed by atoms with van der Waals surface area (Å²) < 4.78 is 0. The number of carbonyl (C=O) groups is 2. The predicted molar refractivity (Wildman–Crippen MR) is 116 cm³/mol. The standard InChI is InChI=1S/C21H31N5O3.ClH/c1-24-10-8-17-18(9-11-24)23-19(14-22-17)26-13-12-25(21(26)29)16-5-2-15(3-6-16)4-7-20(27)28;/h14-16H,2-13H2,1H3,(H,27,28);1H. The Morgan fingerprint density at radius 3 is 2.50 bits per heavy atom. The van der Waals surface area contributed by atoms with Crippen LogP contribution in [-0.2, 0) is 17.6 Å². The molecule has 30 heavy (non-hydrogen) atoms. The Hall–Kier alpha value is -1.93. The van der Waals surface area contributed by atoms with Crippen molar-refractivity contribution in [2.75, 3.05) is 38.1 Å². The normalized spacial score (nSPS) is 24.9. The molecule has 0 radical (unpaired) electrons. The third kappa shape index (κ3) is 5.03. The largest absolute Gasteiger partial charge is 0.481 e. The number of rotatable bonds is 5. The summed E-state index contributed by atoms with van der Waals surface area (Å²) in [6, 6.07) is 0.301. The average molecular weight is 438 g/mol. The van der Waals surface area contributed by atoms with E-state index in [0.717, 1.165) is 76.0 Å². The number of nitrogens with zero attached hydrogens (tertiary/aromatic N) is 5. The first-order valence-corrected chi connectivity index (χ1v) is 10.8. The second-order valence-corrected chi connectivity index (χ2v) is 8.66. The van der Waals surface area contributed by atoms with Gasteiger partial charge in [-0.2, -0.15) is 0 Å². The number of aromatic nitrogens is 2. The molecule has 8 nitrogen and oxygen atoms in total. The van der Waals surface area contributed by atoms with Crippen LogP contribution in [0, 0.1) is 5.92 Å². The predicted octanol–water partition coefficient (Wildman–Crippen LogP) is 2.59. The van der Waals surface area contributed by atoms with Crippen LogP contribution in [-0.4, -0.2) is 76.1 Å². The van der Waals surface area contributed by atoms with Crippen molar-refractivity contribution in [1.29, 1.82) is 0 Å². The van der Waals surface area contributed by atoms with E-state index >= 15 is 0 Å². The van der Waals surface area contributed by atoms with E-state index in [-0.39, 0.29) is 30.9 Å². The molecule has 0 atom stereocenters. The van der Waals surface area contributed by atoms with E-state index in [2.05, 4.69) is 16.9 Å². The number of carbonyl (C=O) groups excluding carboxylic acids is 1. The van der Waals surface area contributed by atoms with E-state index in [1.165, 1.54) is 0 Å². The molecule has 0 bridgehead atoms. The quantitative estimate of drug-likeness (QED) is 0.761. The van der Waals surface area contributed by atoms with Crippen molar-refractivity contribution in [2.45, 2.75) is 57.4 Å². The Morgan fingerprint density at radius 2 is 1.80 bits per heavy atom. The summed E-state index contributed by atoms with van der Waals surface area (Å²) in [5, 5.41) is 8.87. The maximum atomic E-state index is 13.1. The van der Waals surface area contributed by atoms with Crippen molar-refractivity contribution in [3.63, 3.8) is 0 Å². The molecule has 4 rings (SSSR count). The average Bonchev–Trinajstić information content (AvgIpc) is 3.00. The molecule has 0 spiro atoms. The van der Waals surface area contributed by atoms with E-state index in [1.807, 2.05) is 4.90 Å². The van der Waals surface area contributed by atoms with Gasteiger partial charge < -0.3 is 14.9 Å². The lowest BCUT2D eigenvalue weighted by atomic mass is 9.83. The molecule has 1 aromatic heterocycles. The molecule has 1 N–H and O–H groups in total. The zero-order valence-electron chi connectivity index (χ0n) is 17.6. The van der Waals surface area contributed by atoms with Crippen LogP contribution in [0.3, 0.4) is 0 Å². The summed E-state index contributed by atoms with van der Waals surface area (Å²) in [4.78, 5) is 39.4. The Balaban J connectivity index is 0.00000256. The number of hydrogen-bond acceptors (Lipinski definition) is 5. The fraction of sp³-hybridized carbons (Fsp3) is 0.714. The molecule has 3 aliphatic rings. The first-order chi connectivity index (χ1) is 14.0. The van der Waals surface area contributed by atoms with Gasteiger partial charge in [-0.25, -0.2) is 9.78 Å². The fourth-order valence-electron chi connectivity index (χ4n) is 4.86. The highest BCUT2D eigenvalue weighted by Gasteiger charge is 2.37. The molecule has 3 heterocycles. The minimum Gasteiger partial charge on any atom is -0.481 e. The SMILES string of the molecule is CN1CCc2ncc(N3CCN(C4CCC(CCC(=O)O)CC4)C3=O)nc2CC1.Cl. The molecular formula is C21H32ClN5O3. The molecule has 2 amide bonds. The van der Waals surface area contributed by atoms with Gasteiger partial charge in [-0.1, -0.05) is 0 Å². The van der Waals surface area contributed by atoms with Crippen molar-refractivity contribution >= 4 is 30.2 Å². The maximum absolute atomic E-state index is 13.1. The minimum absolute atomic E-state index is 0.